The van der Waals surface area contributed by atoms with Gasteiger partial charge in [-0.2, -0.15) is 0 Å². The molecule has 0 aliphatic carbocycles. The standard InChI is InChI=1S/C22H28FN3O4S/c1-16(2)24-22(28)17(3)25(14-18-9-6-5-7-10-18)21(27)15-26(31(4,29)30)20-12-8-11-19(23)13-20/h5-13,16-17H,14-15H2,1-4H3,(H,24,28). The molecule has 2 aromatic carbocycles. The minimum Gasteiger partial charge on any atom is -0.352 e. The fraction of sp³-hybridized carbons (Fsp3) is 0.364. The van der Waals surface area contributed by atoms with Crippen molar-refractivity contribution in [2.24, 2.45) is 0 Å². The van der Waals surface area contributed by atoms with Crippen molar-refractivity contribution < 1.29 is 22.4 Å². The number of amides is 2. The van der Waals surface area contributed by atoms with E-state index in [1.165, 1.54) is 23.1 Å². The predicted octanol–water partition coefficient (Wildman–Crippen LogP) is 2.53. The lowest BCUT2D eigenvalue weighted by atomic mass is 10.1. The van der Waals surface area contributed by atoms with Gasteiger partial charge in [-0.3, -0.25) is 13.9 Å². The fourth-order valence-electron chi connectivity index (χ4n) is 3.01. The molecule has 1 N–H and O–H groups in total. The average molecular weight is 450 g/mol. The van der Waals surface area contributed by atoms with Gasteiger partial charge in [0.1, 0.15) is 18.4 Å². The molecule has 2 amide bonds. The van der Waals surface area contributed by atoms with Crippen LogP contribution in [0.5, 0.6) is 0 Å². The van der Waals surface area contributed by atoms with Gasteiger partial charge in [0.15, 0.2) is 0 Å². The maximum Gasteiger partial charge on any atom is 0.244 e. The van der Waals surface area contributed by atoms with E-state index < -0.39 is 34.3 Å². The van der Waals surface area contributed by atoms with Crippen LogP contribution in [0, 0.1) is 5.82 Å². The molecule has 168 valence electrons. The summed E-state index contributed by atoms with van der Waals surface area (Å²) in [4.78, 5) is 27.2. The Morgan fingerprint density at radius 1 is 1.03 bits per heavy atom. The van der Waals surface area contributed by atoms with Crippen LogP contribution >= 0.6 is 0 Å². The zero-order valence-electron chi connectivity index (χ0n) is 18.1. The van der Waals surface area contributed by atoms with Crippen LogP contribution in [-0.4, -0.2) is 50.0 Å². The number of nitrogens with zero attached hydrogens (tertiary/aromatic N) is 2. The maximum atomic E-state index is 13.7. The highest BCUT2D eigenvalue weighted by atomic mass is 32.2. The smallest absolute Gasteiger partial charge is 0.244 e. The number of benzene rings is 2. The Morgan fingerprint density at radius 2 is 1.68 bits per heavy atom. The number of hydrogen-bond donors (Lipinski definition) is 1. The number of hydrogen-bond acceptors (Lipinski definition) is 4. The molecule has 0 radical (unpaired) electrons. The van der Waals surface area contributed by atoms with E-state index in [9.17, 15) is 22.4 Å². The summed E-state index contributed by atoms with van der Waals surface area (Å²) >= 11 is 0. The molecule has 0 heterocycles. The first-order chi connectivity index (χ1) is 14.5. The van der Waals surface area contributed by atoms with Crippen LogP contribution < -0.4 is 9.62 Å². The highest BCUT2D eigenvalue weighted by Gasteiger charge is 2.30. The number of sulfonamides is 1. The molecule has 0 spiro atoms. The number of anilines is 1. The highest BCUT2D eigenvalue weighted by molar-refractivity contribution is 7.92. The lowest BCUT2D eigenvalue weighted by Crippen LogP contribution is -2.52. The molecule has 0 aliphatic rings. The second-order valence-corrected chi connectivity index (χ2v) is 9.50. The van der Waals surface area contributed by atoms with E-state index >= 15 is 0 Å². The van der Waals surface area contributed by atoms with Crippen molar-refractivity contribution in [1.29, 1.82) is 0 Å². The predicted molar refractivity (Wildman–Crippen MR) is 118 cm³/mol. The first-order valence-electron chi connectivity index (χ1n) is 9.86. The molecule has 0 fully saturated rings. The van der Waals surface area contributed by atoms with Crippen molar-refractivity contribution in [3.05, 3.63) is 66.0 Å². The largest absolute Gasteiger partial charge is 0.352 e. The van der Waals surface area contributed by atoms with Crippen LogP contribution in [0.4, 0.5) is 10.1 Å². The van der Waals surface area contributed by atoms with E-state index in [0.717, 1.165) is 22.2 Å². The van der Waals surface area contributed by atoms with Crippen molar-refractivity contribution >= 4 is 27.5 Å². The molecule has 0 bridgehead atoms. The SMILES string of the molecule is CC(C)NC(=O)C(C)N(Cc1ccccc1)C(=O)CN(c1cccc(F)c1)S(C)(=O)=O. The molecule has 1 unspecified atom stereocenters. The van der Waals surface area contributed by atoms with Gasteiger partial charge in [0.05, 0.1) is 11.9 Å². The van der Waals surface area contributed by atoms with Crippen molar-refractivity contribution in [2.75, 3.05) is 17.1 Å². The number of halogens is 1. The third-order valence-corrected chi connectivity index (χ3v) is 5.71. The van der Waals surface area contributed by atoms with Crippen LogP contribution in [0.15, 0.2) is 54.6 Å². The van der Waals surface area contributed by atoms with E-state index in [-0.39, 0.29) is 24.2 Å². The number of carbonyl (C=O) groups is 2. The molecule has 2 rings (SSSR count). The molecule has 7 nitrogen and oxygen atoms in total. The maximum absolute atomic E-state index is 13.7. The van der Waals surface area contributed by atoms with Gasteiger partial charge < -0.3 is 10.2 Å². The molecule has 0 saturated carbocycles. The molecule has 0 aromatic heterocycles. The van der Waals surface area contributed by atoms with E-state index in [2.05, 4.69) is 5.32 Å². The minimum absolute atomic E-state index is 0.0368. The molecule has 0 saturated heterocycles. The first kappa shape index (κ1) is 24.3. The number of carbonyl (C=O) groups excluding carboxylic acids is 2. The fourth-order valence-corrected chi connectivity index (χ4v) is 3.85. The zero-order chi connectivity index (χ0) is 23.2. The number of nitrogens with one attached hydrogen (secondary N) is 1. The molecular formula is C22H28FN3O4S. The second-order valence-electron chi connectivity index (χ2n) is 7.60. The topological polar surface area (TPSA) is 86.8 Å². The van der Waals surface area contributed by atoms with Gasteiger partial charge >= 0.3 is 0 Å². The van der Waals surface area contributed by atoms with Crippen LogP contribution in [-0.2, 0) is 26.2 Å². The lowest BCUT2D eigenvalue weighted by Gasteiger charge is -2.31. The summed E-state index contributed by atoms with van der Waals surface area (Å²) in [5.41, 5.74) is 0.825. The van der Waals surface area contributed by atoms with E-state index in [0.29, 0.717) is 0 Å². The van der Waals surface area contributed by atoms with E-state index in [1.54, 1.807) is 6.92 Å². The Hall–Kier alpha value is -2.94. The normalized spacial score (nSPS) is 12.3. The summed E-state index contributed by atoms with van der Waals surface area (Å²) in [6.07, 6.45) is 0.946. The van der Waals surface area contributed by atoms with Crippen molar-refractivity contribution in [2.45, 2.75) is 39.4 Å². The molecule has 2 aromatic rings. The summed E-state index contributed by atoms with van der Waals surface area (Å²) in [6, 6.07) is 13.1. The third-order valence-electron chi connectivity index (χ3n) is 4.57. The van der Waals surface area contributed by atoms with Crippen molar-refractivity contribution in [1.82, 2.24) is 10.2 Å². The van der Waals surface area contributed by atoms with Crippen molar-refractivity contribution in [3.63, 3.8) is 0 Å². The van der Waals surface area contributed by atoms with Gasteiger partial charge in [-0.25, -0.2) is 12.8 Å². The molecule has 1 atom stereocenters. The summed E-state index contributed by atoms with van der Waals surface area (Å²) in [5.74, 6) is -1.55. The average Bonchev–Trinajstić information content (AvgIpc) is 2.69. The molecule has 31 heavy (non-hydrogen) atoms. The highest BCUT2D eigenvalue weighted by Crippen LogP contribution is 2.20. The van der Waals surface area contributed by atoms with Crippen LogP contribution in [0.1, 0.15) is 26.3 Å². The van der Waals surface area contributed by atoms with Gasteiger partial charge in [0.25, 0.3) is 0 Å². The summed E-state index contributed by atoms with van der Waals surface area (Å²) in [7, 11) is -3.88. The summed E-state index contributed by atoms with van der Waals surface area (Å²) < 4.78 is 39.2. The Kier molecular flexibility index (Phi) is 8.15. The van der Waals surface area contributed by atoms with E-state index in [4.69, 9.17) is 0 Å². The summed E-state index contributed by atoms with van der Waals surface area (Å²) in [5, 5.41) is 2.77. The Balaban J connectivity index is 2.36. The van der Waals surface area contributed by atoms with Crippen molar-refractivity contribution in [3.8, 4) is 0 Å². The lowest BCUT2D eigenvalue weighted by molar-refractivity contribution is -0.139. The van der Waals surface area contributed by atoms with Crippen LogP contribution in [0.2, 0.25) is 0 Å². The van der Waals surface area contributed by atoms with Crippen LogP contribution in [0.25, 0.3) is 0 Å². The summed E-state index contributed by atoms with van der Waals surface area (Å²) in [6.45, 7) is 4.76. The minimum atomic E-state index is -3.88. The zero-order valence-corrected chi connectivity index (χ0v) is 18.9. The number of rotatable bonds is 9. The Bertz CT molecular complexity index is 1010. The van der Waals surface area contributed by atoms with Gasteiger partial charge in [-0.15, -0.1) is 0 Å². The van der Waals surface area contributed by atoms with Gasteiger partial charge in [-0.05, 0) is 44.5 Å². The van der Waals surface area contributed by atoms with Gasteiger partial charge in [-0.1, -0.05) is 36.4 Å². The molecule has 0 aliphatic heterocycles. The van der Waals surface area contributed by atoms with Gasteiger partial charge in [0.2, 0.25) is 21.8 Å². The second kappa shape index (κ2) is 10.4. The first-order valence-corrected chi connectivity index (χ1v) is 11.7. The quantitative estimate of drug-likeness (QED) is 0.637. The Labute approximate surface area is 182 Å². The monoisotopic (exact) mass is 449 g/mol. The molecule has 9 heteroatoms. The van der Waals surface area contributed by atoms with Gasteiger partial charge in [0, 0.05) is 12.6 Å². The molecular weight excluding hydrogens is 421 g/mol. The van der Waals surface area contributed by atoms with Crippen LogP contribution in [0.3, 0.4) is 0 Å². The van der Waals surface area contributed by atoms with E-state index in [1.807, 2.05) is 44.2 Å². The third kappa shape index (κ3) is 7.06. The Morgan fingerprint density at radius 3 is 2.23 bits per heavy atom.